The molecule has 0 bridgehead atoms. The number of hydrogen-bond acceptors (Lipinski definition) is 3. The molecule has 0 heterocycles. The number of nitrogens with zero attached hydrogens (tertiary/aromatic N) is 1. The van der Waals surface area contributed by atoms with E-state index in [4.69, 9.17) is 0 Å². The largest absolute Gasteiger partial charge is 0.386 e. The fraction of sp³-hybridized carbons (Fsp3) is 0.455. The van der Waals surface area contributed by atoms with Crippen LogP contribution in [-0.4, -0.2) is 22.2 Å². The third kappa shape index (κ3) is 3.67. The fourth-order valence-electron chi connectivity index (χ4n) is 1.48. The van der Waals surface area contributed by atoms with E-state index in [1.54, 1.807) is 0 Å². The summed E-state index contributed by atoms with van der Waals surface area (Å²) in [6, 6.07) is 8.70. The van der Waals surface area contributed by atoms with Crippen LogP contribution in [0.2, 0.25) is 0 Å². The van der Waals surface area contributed by atoms with Gasteiger partial charge < -0.3 is 5.11 Å². The lowest BCUT2D eigenvalue weighted by Crippen LogP contribution is -2.31. The normalized spacial score (nSPS) is 14.5. The maximum atomic E-state index is 10.6. The second-order valence-corrected chi connectivity index (χ2v) is 3.62. The summed E-state index contributed by atoms with van der Waals surface area (Å²) in [6.07, 6.45) is 0.0928. The maximum Gasteiger partial charge on any atom is 0.238 e. The summed E-state index contributed by atoms with van der Waals surface area (Å²) in [7, 11) is 0. The molecule has 4 nitrogen and oxygen atoms in total. The Morgan fingerprint density at radius 1 is 1.40 bits per heavy atom. The van der Waals surface area contributed by atoms with Crippen molar-refractivity contribution in [2.45, 2.75) is 31.9 Å². The summed E-state index contributed by atoms with van der Waals surface area (Å²) in [5.41, 5.74) is 1.06. The minimum Gasteiger partial charge on any atom is -0.386 e. The Morgan fingerprint density at radius 2 is 2.00 bits per heavy atom. The van der Waals surface area contributed by atoms with Gasteiger partial charge in [-0.05, 0) is 18.9 Å². The van der Waals surface area contributed by atoms with Crippen LogP contribution in [0, 0.1) is 10.1 Å². The first-order valence-corrected chi connectivity index (χ1v) is 4.96. The highest BCUT2D eigenvalue weighted by molar-refractivity contribution is 5.14. The Labute approximate surface area is 88.7 Å². The predicted octanol–water partition coefficient (Wildman–Crippen LogP) is 1.65. The Hall–Kier alpha value is -1.42. The molecule has 4 heteroatoms. The van der Waals surface area contributed by atoms with Gasteiger partial charge >= 0.3 is 0 Å². The van der Waals surface area contributed by atoms with E-state index in [0.29, 0.717) is 12.8 Å². The number of hydrogen-bond donors (Lipinski definition) is 1. The van der Waals surface area contributed by atoms with Crippen LogP contribution >= 0.6 is 0 Å². The lowest BCUT2D eigenvalue weighted by molar-refractivity contribution is -0.534. The van der Waals surface area contributed by atoms with Gasteiger partial charge in [0.1, 0.15) is 6.10 Å². The van der Waals surface area contributed by atoms with Gasteiger partial charge in [-0.2, -0.15) is 0 Å². The molecule has 0 aliphatic heterocycles. The Bertz CT molecular complexity index is 311. The Morgan fingerprint density at radius 3 is 2.47 bits per heavy atom. The van der Waals surface area contributed by atoms with Crippen LogP contribution in [0.1, 0.15) is 18.9 Å². The van der Waals surface area contributed by atoms with Gasteiger partial charge in [0.15, 0.2) is 0 Å². The highest BCUT2D eigenvalue weighted by Crippen LogP contribution is 2.09. The lowest BCUT2D eigenvalue weighted by atomic mass is 10.0. The molecule has 1 aromatic rings. The summed E-state index contributed by atoms with van der Waals surface area (Å²) in [5.74, 6) is 0. The van der Waals surface area contributed by atoms with Gasteiger partial charge in [0.05, 0.1) is 0 Å². The van der Waals surface area contributed by atoms with E-state index in [-0.39, 0.29) is 0 Å². The molecule has 0 aliphatic carbocycles. The van der Waals surface area contributed by atoms with E-state index in [1.807, 2.05) is 30.3 Å². The first kappa shape index (κ1) is 11.7. The molecule has 2 atom stereocenters. The van der Waals surface area contributed by atoms with Crippen LogP contribution in [0.4, 0.5) is 0 Å². The second-order valence-electron chi connectivity index (χ2n) is 3.62. The first-order chi connectivity index (χ1) is 7.11. The van der Waals surface area contributed by atoms with E-state index in [9.17, 15) is 15.2 Å². The molecule has 1 rings (SSSR count). The van der Waals surface area contributed by atoms with Gasteiger partial charge in [0, 0.05) is 11.3 Å². The number of aryl methyl sites for hydroxylation is 1. The Kier molecular flexibility index (Phi) is 4.24. The molecular formula is C11H15NO3. The molecule has 0 saturated carbocycles. The smallest absolute Gasteiger partial charge is 0.238 e. The van der Waals surface area contributed by atoms with Gasteiger partial charge in [-0.3, -0.25) is 10.1 Å². The van der Waals surface area contributed by atoms with Gasteiger partial charge in [0.2, 0.25) is 6.04 Å². The minimum absolute atomic E-state index is 0.370. The van der Waals surface area contributed by atoms with Crippen LogP contribution in [-0.2, 0) is 6.42 Å². The third-order valence-corrected chi connectivity index (χ3v) is 2.40. The molecule has 0 spiro atoms. The molecule has 2 unspecified atom stereocenters. The van der Waals surface area contributed by atoms with Crippen molar-refractivity contribution in [3.8, 4) is 0 Å². The van der Waals surface area contributed by atoms with E-state index >= 15 is 0 Å². The van der Waals surface area contributed by atoms with Crippen LogP contribution < -0.4 is 0 Å². The van der Waals surface area contributed by atoms with Crippen LogP contribution in [0.15, 0.2) is 30.3 Å². The number of aliphatic hydroxyl groups is 1. The van der Waals surface area contributed by atoms with Gasteiger partial charge in [0.25, 0.3) is 0 Å². The summed E-state index contributed by atoms with van der Waals surface area (Å²) in [6.45, 7) is 1.46. The molecule has 0 amide bonds. The fourth-order valence-corrected chi connectivity index (χ4v) is 1.48. The molecule has 0 aromatic heterocycles. The summed E-state index contributed by atoms with van der Waals surface area (Å²) in [5, 5.41) is 19.8. The van der Waals surface area contributed by atoms with Crippen LogP contribution in [0.5, 0.6) is 0 Å². The van der Waals surface area contributed by atoms with Crippen molar-refractivity contribution in [1.29, 1.82) is 0 Å². The van der Waals surface area contributed by atoms with E-state index in [0.717, 1.165) is 5.56 Å². The van der Waals surface area contributed by atoms with Crippen LogP contribution in [0.25, 0.3) is 0 Å². The molecule has 0 aliphatic rings. The van der Waals surface area contributed by atoms with Gasteiger partial charge in [-0.1, -0.05) is 30.3 Å². The molecule has 0 saturated heterocycles. The summed E-state index contributed by atoms with van der Waals surface area (Å²) >= 11 is 0. The van der Waals surface area contributed by atoms with Crippen molar-refractivity contribution >= 4 is 0 Å². The topological polar surface area (TPSA) is 63.4 Å². The molecular weight excluding hydrogens is 194 g/mol. The van der Waals surface area contributed by atoms with Crippen molar-refractivity contribution in [3.05, 3.63) is 46.0 Å². The zero-order valence-corrected chi connectivity index (χ0v) is 8.67. The summed E-state index contributed by atoms with van der Waals surface area (Å²) < 4.78 is 0. The van der Waals surface area contributed by atoms with Crippen molar-refractivity contribution in [1.82, 2.24) is 0 Å². The van der Waals surface area contributed by atoms with Gasteiger partial charge in [-0.25, -0.2) is 0 Å². The predicted molar refractivity (Wildman–Crippen MR) is 57.2 cm³/mol. The minimum atomic E-state index is -0.899. The zero-order valence-electron chi connectivity index (χ0n) is 8.67. The van der Waals surface area contributed by atoms with E-state index in [1.165, 1.54) is 6.92 Å². The quantitative estimate of drug-likeness (QED) is 0.592. The molecule has 15 heavy (non-hydrogen) atoms. The number of rotatable bonds is 5. The molecule has 0 fully saturated rings. The number of nitro groups is 1. The Balaban J connectivity index is 2.51. The SMILES string of the molecule is CC(O)C(CCc1ccccc1)[N+](=O)[O-]. The first-order valence-electron chi connectivity index (χ1n) is 4.96. The average Bonchev–Trinajstić information content (AvgIpc) is 2.18. The maximum absolute atomic E-state index is 10.6. The molecule has 0 radical (unpaired) electrons. The highest BCUT2D eigenvalue weighted by Gasteiger charge is 2.25. The van der Waals surface area contributed by atoms with Crippen molar-refractivity contribution in [3.63, 3.8) is 0 Å². The number of benzene rings is 1. The highest BCUT2D eigenvalue weighted by atomic mass is 16.6. The lowest BCUT2D eigenvalue weighted by Gasteiger charge is -2.11. The van der Waals surface area contributed by atoms with Crippen LogP contribution in [0.3, 0.4) is 0 Å². The van der Waals surface area contributed by atoms with Crippen molar-refractivity contribution in [2.75, 3.05) is 0 Å². The monoisotopic (exact) mass is 209 g/mol. The van der Waals surface area contributed by atoms with E-state index < -0.39 is 17.1 Å². The van der Waals surface area contributed by atoms with Gasteiger partial charge in [-0.15, -0.1) is 0 Å². The molecule has 1 aromatic carbocycles. The standard InChI is InChI=1S/C11H15NO3/c1-9(13)11(12(14)15)8-7-10-5-3-2-4-6-10/h2-6,9,11,13H,7-8H2,1H3. The van der Waals surface area contributed by atoms with Crippen molar-refractivity contribution < 1.29 is 10.0 Å². The third-order valence-electron chi connectivity index (χ3n) is 2.40. The van der Waals surface area contributed by atoms with Crippen molar-refractivity contribution in [2.24, 2.45) is 0 Å². The number of aliphatic hydroxyl groups excluding tert-OH is 1. The summed E-state index contributed by atoms with van der Waals surface area (Å²) in [4.78, 5) is 10.2. The average molecular weight is 209 g/mol. The second kappa shape index (κ2) is 5.46. The van der Waals surface area contributed by atoms with E-state index in [2.05, 4.69) is 0 Å². The molecule has 1 N–H and O–H groups in total. The zero-order chi connectivity index (χ0) is 11.3. The molecule has 82 valence electrons.